The minimum Gasteiger partial charge on any atom is -0.312 e. The van der Waals surface area contributed by atoms with Gasteiger partial charge < -0.3 is 10.6 Å². The van der Waals surface area contributed by atoms with Crippen molar-refractivity contribution < 1.29 is 8.78 Å². The second-order valence-corrected chi connectivity index (χ2v) is 5.73. The van der Waals surface area contributed by atoms with Crippen LogP contribution < -0.4 is 10.6 Å². The summed E-state index contributed by atoms with van der Waals surface area (Å²) in [5.41, 5.74) is 0.0940. The van der Waals surface area contributed by atoms with Crippen LogP contribution in [-0.2, 0) is 6.54 Å². The van der Waals surface area contributed by atoms with Gasteiger partial charge in [-0.3, -0.25) is 0 Å². The van der Waals surface area contributed by atoms with Gasteiger partial charge in [0, 0.05) is 35.2 Å². The summed E-state index contributed by atoms with van der Waals surface area (Å²) >= 11 is 3.06. The van der Waals surface area contributed by atoms with E-state index in [-0.39, 0.29) is 18.2 Å². The Labute approximate surface area is 114 Å². The van der Waals surface area contributed by atoms with Gasteiger partial charge in [0.15, 0.2) is 0 Å². The van der Waals surface area contributed by atoms with Gasteiger partial charge in [-0.15, -0.1) is 0 Å². The Kier molecular flexibility index (Phi) is 4.70. The van der Waals surface area contributed by atoms with Crippen molar-refractivity contribution in [2.24, 2.45) is 0 Å². The molecule has 0 saturated heterocycles. The van der Waals surface area contributed by atoms with Crippen molar-refractivity contribution >= 4 is 15.9 Å². The van der Waals surface area contributed by atoms with Crippen LogP contribution in [-0.4, -0.2) is 18.6 Å². The van der Waals surface area contributed by atoms with Crippen molar-refractivity contribution in [1.29, 1.82) is 0 Å². The minimum absolute atomic E-state index is 0.0940. The van der Waals surface area contributed by atoms with Crippen molar-refractivity contribution in [2.75, 3.05) is 6.54 Å². The fourth-order valence-electron chi connectivity index (χ4n) is 1.72. The molecule has 0 spiro atoms. The molecule has 0 aliphatic heterocycles. The Balaban J connectivity index is 1.84. The van der Waals surface area contributed by atoms with E-state index in [1.807, 2.05) is 6.92 Å². The molecule has 0 bridgehead atoms. The summed E-state index contributed by atoms with van der Waals surface area (Å²) in [5, 5.41) is 6.50. The van der Waals surface area contributed by atoms with Gasteiger partial charge in [-0.2, -0.15) is 0 Å². The summed E-state index contributed by atoms with van der Waals surface area (Å²) < 4.78 is 27.5. The zero-order valence-corrected chi connectivity index (χ0v) is 11.9. The van der Waals surface area contributed by atoms with Crippen LogP contribution in [0.4, 0.5) is 8.78 Å². The molecule has 100 valence electrons. The van der Waals surface area contributed by atoms with Crippen LogP contribution >= 0.6 is 15.9 Å². The Hall–Kier alpha value is -0.520. The molecule has 1 fully saturated rings. The second kappa shape index (κ2) is 6.08. The first kappa shape index (κ1) is 13.9. The van der Waals surface area contributed by atoms with Gasteiger partial charge in [-0.1, -0.05) is 15.9 Å². The van der Waals surface area contributed by atoms with Gasteiger partial charge in [0.1, 0.15) is 11.6 Å². The molecule has 1 aliphatic carbocycles. The predicted molar refractivity (Wildman–Crippen MR) is 71.4 cm³/mol. The summed E-state index contributed by atoms with van der Waals surface area (Å²) in [6, 6.07) is 3.41. The number of hydrogen-bond acceptors (Lipinski definition) is 2. The average Bonchev–Trinajstić information content (AvgIpc) is 3.08. The molecule has 18 heavy (non-hydrogen) atoms. The van der Waals surface area contributed by atoms with E-state index in [1.165, 1.54) is 25.0 Å². The van der Waals surface area contributed by atoms with Crippen molar-refractivity contribution in [3.05, 3.63) is 33.8 Å². The molecule has 5 heteroatoms. The second-order valence-electron chi connectivity index (χ2n) is 4.81. The van der Waals surface area contributed by atoms with E-state index in [1.54, 1.807) is 0 Å². The van der Waals surface area contributed by atoms with Crippen LogP contribution in [0.3, 0.4) is 0 Å². The summed E-state index contributed by atoms with van der Waals surface area (Å²) in [4.78, 5) is 0. The van der Waals surface area contributed by atoms with Crippen LogP contribution in [0.1, 0.15) is 25.3 Å². The highest BCUT2D eigenvalue weighted by molar-refractivity contribution is 9.10. The largest absolute Gasteiger partial charge is 0.312 e. The monoisotopic (exact) mass is 318 g/mol. The molecule has 2 N–H and O–H groups in total. The smallest absolute Gasteiger partial charge is 0.131 e. The summed E-state index contributed by atoms with van der Waals surface area (Å²) in [5.74, 6) is -1.03. The lowest BCUT2D eigenvalue weighted by Gasteiger charge is -2.15. The quantitative estimate of drug-likeness (QED) is 0.842. The number of hydrogen-bond donors (Lipinski definition) is 2. The third kappa shape index (κ3) is 4.00. The van der Waals surface area contributed by atoms with Gasteiger partial charge in [0.05, 0.1) is 0 Å². The Morgan fingerprint density at radius 1 is 1.33 bits per heavy atom. The standard InChI is InChI=1S/C13H17BrF2N2/c1-8(6-18-10-2-3-10)17-7-11-12(15)4-9(14)5-13(11)16/h4-5,8,10,17-18H,2-3,6-7H2,1H3. The Morgan fingerprint density at radius 2 is 1.94 bits per heavy atom. The van der Waals surface area contributed by atoms with E-state index < -0.39 is 11.6 Å². The lowest BCUT2D eigenvalue weighted by Crippen LogP contribution is -2.37. The first-order chi connectivity index (χ1) is 8.56. The molecular formula is C13H17BrF2N2. The summed E-state index contributed by atoms with van der Waals surface area (Å²) in [7, 11) is 0. The number of rotatable bonds is 6. The zero-order chi connectivity index (χ0) is 13.1. The molecule has 1 atom stereocenters. The molecule has 1 saturated carbocycles. The predicted octanol–water partition coefficient (Wildman–Crippen LogP) is 2.96. The fourth-order valence-corrected chi connectivity index (χ4v) is 2.12. The molecule has 2 rings (SSSR count). The molecule has 1 unspecified atom stereocenters. The normalized spacial score (nSPS) is 16.9. The summed E-state index contributed by atoms with van der Waals surface area (Å²) in [6.07, 6.45) is 2.48. The van der Waals surface area contributed by atoms with Gasteiger partial charge in [0.2, 0.25) is 0 Å². The first-order valence-corrected chi connectivity index (χ1v) is 6.95. The van der Waals surface area contributed by atoms with Gasteiger partial charge in [-0.05, 0) is 31.9 Å². The number of nitrogens with one attached hydrogen (secondary N) is 2. The van der Waals surface area contributed by atoms with E-state index in [0.717, 1.165) is 6.54 Å². The van der Waals surface area contributed by atoms with E-state index in [4.69, 9.17) is 0 Å². The Morgan fingerprint density at radius 3 is 2.50 bits per heavy atom. The van der Waals surface area contributed by atoms with E-state index >= 15 is 0 Å². The number of benzene rings is 1. The van der Waals surface area contributed by atoms with Gasteiger partial charge >= 0.3 is 0 Å². The molecule has 1 aromatic rings. The van der Waals surface area contributed by atoms with E-state index in [9.17, 15) is 8.78 Å². The highest BCUT2D eigenvalue weighted by Crippen LogP contribution is 2.20. The van der Waals surface area contributed by atoms with E-state index in [0.29, 0.717) is 10.5 Å². The van der Waals surface area contributed by atoms with Crippen LogP contribution in [0.15, 0.2) is 16.6 Å². The van der Waals surface area contributed by atoms with Crippen molar-refractivity contribution in [3.8, 4) is 0 Å². The molecule has 2 nitrogen and oxygen atoms in total. The molecule has 0 amide bonds. The van der Waals surface area contributed by atoms with Crippen LogP contribution in [0.5, 0.6) is 0 Å². The van der Waals surface area contributed by atoms with E-state index in [2.05, 4.69) is 26.6 Å². The minimum atomic E-state index is -0.517. The average molecular weight is 319 g/mol. The topological polar surface area (TPSA) is 24.1 Å². The first-order valence-electron chi connectivity index (χ1n) is 6.16. The van der Waals surface area contributed by atoms with Crippen LogP contribution in [0.25, 0.3) is 0 Å². The lowest BCUT2D eigenvalue weighted by molar-refractivity contribution is 0.475. The SMILES string of the molecule is CC(CNC1CC1)NCc1c(F)cc(Br)cc1F. The summed E-state index contributed by atoms with van der Waals surface area (Å²) in [6.45, 7) is 3.03. The lowest BCUT2D eigenvalue weighted by atomic mass is 10.2. The highest BCUT2D eigenvalue weighted by Gasteiger charge is 2.20. The van der Waals surface area contributed by atoms with Gasteiger partial charge in [-0.25, -0.2) is 8.78 Å². The third-order valence-electron chi connectivity index (χ3n) is 3.02. The fraction of sp³-hybridized carbons (Fsp3) is 0.538. The third-order valence-corrected chi connectivity index (χ3v) is 3.48. The van der Waals surface area contributed by atoms with Gasteiger partial charge in [0.25, 0.3) is 0 Å². The van der Waals surface area contributed by atoms with Crippen LogP contribution in [0, 0.1) is 11.6 Å². The molecule has 1 aromatic carbocycles. The maximum absolute atomic E-state index is 13.6. The molecular weight excluding hydrogens is 302 g/mol. The van der Waals surface area contributed by atoms with Crippen LogP contribution in [0.2, 0.25) is 0 Å². The zero-order valence-electron chi connectivity index (χ0n) is 10.3. The highest BCUT2D eigenvalue weighted by atomic mass is 79.9. The molecule has 0 aromatic heterocycles. The number of halogens is 3. The van der Waals surface area contributed by atoms with Crippen molar-refractivity contribution in [2.45, 2.75) is 38.4 Å². The Bertz CT molecular complexity index is 398. The maximum Gasteiger partial charge on any atom is 0.131 e. The molecule has 0 heterocycles. The van der Waals surface area contributed by atoms with Crippen molar-refractivity contribution in [1.82, 2.24) is 10.6 Å². The molecule has 1 aliphatic rings. The molecule has 0 radical (unpaired) electrons. The van der Waals surface area contributed by atoms with Crippen molar-refractivity contribution in [3.63, 3.8) is 0 Å². The maximum atomic E-state index is 13.6.